The first-order valence-electron chi connectivity index (χ1n) is 9.49. The molecule has 34 heavy (non-hydrogen) atoms. The molecule has 8 nitrogen and oxygen atoms in total. The first kappa shape index (κ1) is 25.4. The molecule has 0 N–H and O–H groups in total. The number of halogens is 6. The number of hydrogen-bond donors (Lipinski definition) is 0. The van der Waals surface area contributed by atoms with Gasteiger partial charge in [0.15, 0.2) is 0 Å². The highest BCUT2D eigenvalue weighted by molar-refractivity contribution is 7.87. The first-order chi connectivity index (χ1) is 15.5. The van der Waals surface area contributed by atoms with Crippen LogP contribution in [-0.4, -0.2) is 34.3 Å². The van der Waals surface area contributed by atoms with Gasteiger partial charge in [-0.05, 0) is 29.7 Å². The summed E-state index contributed by atoms with van der Waals surface area (Å²) in [6.07, 6.45) is -4.49. The number of aromatic nitrogens is 3. The molecule has 0 bridgehead atoms. The Kier molecular flexibility index (Phi) is 6.14. The molecule has 0 fully saturated rings. The third kappa shape index (κ3) is 4.43. The summed E-state index contributed by atoms with van der Waals surface area (Å²) in [5.41, 5.74) is -6.06. The summed E-state index contributed by atoms with van der Waals surface area (Å²) >= 11 is 0. The van der Waals surface area contributed by atoms with Crippen LogP contribution < -0.4 is 14.8 Å². The van der Waals surface area contributed by atoms with Gasteiger partial charge >= 0.3 is 27.6 Å². The lowest BCUT2D eigenvalue weighted by atomic mass is 10.00. The van der Waals surface area contributed by atoms with Gasteiger partial charge in [0.1, 0.15) is 0 Å². The van der Waals surface area contributed by atoms with Crippen molar-refractivity contribution in [1.82, 2.24) is 14.1 Å². The molecule has 0 spiro atoms. The Labute approximate surface area is 189 Å². The van der Waals surface area contributed by atoms with Crippen LogP contribution in [0.3, 0.4) is 0 Å². The Morgan fingerprint density at radius 2 is 1.62 bits per heavy atom. The Bertz CT molecular complexity index is 1390. The minimum atomic E-state index is -6.04. The number of anilines is 2. The maximum atomic E-state index is 14.1. The zero-order valence-electron chi connectivity index (χ0n) is 18.1. The molecule has 0 amide bonds. The minimum Gasteiger partial charge on any atom is -0.355 e. The van der Waals surface area contributed by atoms with Crippen LogP contribution in [0.5, 0.6) is 5.88 Å². The summed E-state index contributed by atoms with van der Waals surface area (Å²) < 4.78 is 108. The molecule has 0 aliphatic heterocycles. The zero-order valence-corrected chi connectivity index (χ0v) is 18.9. The van der Waals surface area contributed by atoms with E-state index < -0.39 is 39.2 Å². The van der Waals surface area contributed by atoms with E-state index >= 15 is 0 Å². The fraction of sp³-hybridized carbons (Fsp3) is 0.368. The van der Waals surface area contributed by atoms with Crippen molar-refractivity contribution < 1.29 is 38.9 Å². The van der Waals surface area contributed by atoms with E-state index in [4.69, 9.17) is 0 Å². The maximum absolute atomic E-state index is 14.1. The molecule has 1 aromatic carbocycles. The van der Waals surface area contributed by atoms with Crippen molar-refractivity contribution in [3.63, 3.8) is 0 Å². The van der Waals surface area contributed by atoms with Crippen LogP contribution in [0.4, 0.5) is 37.7 Å². The van der Waals surface area contributed by atoms with E-state index in [1.807, 2.05) is 0 Å². The summed E-state index contributed by atoms with van der Waals surface area (Å²) in [7, 11) is -3.14. The number of alkyl halides is 6. The molecular formula is C19H18F6N4O4S. The second kappa shape index (κ2) is 8.21. The van der Waals surface area contributed by atoms with Gasteiger partial charge in [0.25, 0.3) is 0 Å². The van der Waals surface area contributed by atoms with E-state index in [0.29, 0.717) is 29.4 Å². The van der Waals surface area contributed by atoms with Crippen molar-refractivity contribution in [2.45, 2.75) is 31.6 Å². The number of aryl methyl sites for hydroxylation is 2. The van der Waals surface area contributed by atoms with Crippen molar-refractivity contribution >= 4 is 32.5 Å². The highest BCUT2D eigenvalue weighted by Crippen LogP contribution is 2.40. The fourth-order valence-corrected chi connectivity index (χ4v) is 3.81. The molecule has 15 heteroatoms. The molecule has 0 unspecified atom stereocenters. The quantitative estimate of drug-likeness (QED) is 0.220. The minimum absolute atomic E-state index is 0.0924. The molecule has 0 radical (unpaired) electrons. The maximum Gasteiger partial charge on any atom is 0.534 e. The SMILES string of the molecule is CC(C)c1cc(N(c2ccc(OS(=O)(=O)C(F)(F)F)nc2)C(F)(F)F)cc2c1n(C)c(=O)n2C. The summed E-state index contributed by atoms with van der Waals surface area (Å²) in [6, 6.07) is 3.68. The second-order valence-corrected chi connectivity index (χ2v) is 9.14. The van der Waals surface area contributed by atoms with Gasteiger partial charge in [0.2, 0.25) is 5.88 Å². The van der Waals surface area contributed by atoms with Gasteiger partial charge in [-0.2, -0.15) is 21.6 Å². The predicted molar refractivity (Wildman–Crippen MR) is 110 cm³/mol. The Balaban J connectivity index is 2.16. The van der Waals surface area contributed by atoms with Gasteiger partial charge in [0, 0.05) is 20.2 Å². The molecule has 0 atom stereocenters. The number of benzene rings is 1. The Morgan fingerprint density at radius 1 is 1.00 bits per heavy atom. The lowest BCUT2D eigenvalue weighted by molar-refractivity contribution is -0.120. The van der Waals surface area contributed by atoms with E-state index in [-0.39, 0.29) is 22.0 Å². The number of pyridine rings is 1. The van der Waals surface area contributed by atoms with Crippen LogP contribution >= 0.6 is 0 Å². The van der Waals surface area contributed by atoms with Crippen LogP contribution in [-0.2, 0) is 24.2 Å². The Morgan fingerprint density at radius 3 is 2.09 bits per heavy atom. The summed E-state index contributed by atoms with van der Waals surface area (Å²) in [5, 5.41) is 0. The van der Waals surface area contributed by atoms with Gasteiger partial charge < -0.3 is 4.18 Å². The number of rotatable bonds is 5. The van der Waals surface area contributed by atoms with Crippen molar-refractivity contribution in [3.05, 3.63) is 46.5 Å². The van der Waals surface area contributed by atoms with Crippen LogP contribution in [0.25, 0.3) is 11.0 Å². The largest absolute Gasteiger partial charge is 0.534 e. The zero-order chi connectivity index (χ0) is 25.8. The van der Waals surface area contributed by atoms with Gasteiger partial charge in [0.05, 0.1) is 28.6 Å². The monoisotopic (exact) mass is 512 g/mol. The molecule has 0 saturated carbocycles. The third-order valence-electron chi connectivity index (χ3n) is 4.97. The summed E-state index contributed by atoms with van der Waals surface area (Å²) in [5.74, 6) is -1.33. The molecule has 3 rings (SSSR count). The molecule has 0 saturated heterocycles. The molecule has 0 aliphatic rings. The smallest absolute Gasteiger partial charge is 0.355 e. The third-order valence-corrected chi connectivity index (χ3v) is 5.92. The Hall–Kier alpha value is -3.23. The fourth-order valence-electron chi connectivity index (χ4n) is 3.40. The van der Waals surface area contributed by atoms with Crippen LogP contribution in [0.15, 0.2) is 35.3 Å². The van der Waals surface area contributed by atoms with Gasteiger partial charge in [-0.25, -0.2) is 9.78 Å². The van der Waals surface area contributed by atoms with E-state index in [1.54, 1.807) is 13.8 Å². The topological polar surface area (TPSA) is 86.4 Å². The van der Waals surface area contributed by atoms with Crippen LogP contribution in [0.1, 0.15) is 25.3 Å². The van der Waals surface area contributed by atoms with Crippen molar-refractivity contribution in [2.24, 2.45) is 14.1 Å². The van der Waals surface area contributed by atoms with Gasteiger partial charge in [-0.1, -0.05) is 13.8 Å². The summed E-state index contributed by atoms with van der Waals surface area (Å²) in [6.45, 7) is 3.48. The number of imidazole rings is 1. The van der Waals surface area contributed by atoms with Crippen LogP contribution in [0.2, 0.25) is 0 Å². The molecule has 2 aromatic heterocycles. The number of nitrogens with zero attached hydrogens (tertiary/aromatic N) is 4. The van der Waals surface area contributed by atoms with Crippen molar-refractivity contribution in [1.29, 1.82) is 0 Å². The number of hydrogen-bond acceptors (Lipinski definition) is 6. The number of fused-ring (bicyclic) bond motifs is 1. The van der Waals surface area contributed by atoms with E-state index in [2.05, 4.69) is 9.17 Å². The van der Waals surface area contributed by atoms with E-state index in [1.165, 1.54) is 29.3 Å². The highest BCUT2D eigenvalue weighted by atomic mass is 32.2. The molecule has 2 heterocycles. The predicted octanol–water partition coefficient (Wildman–Crippen LogP) is 4.28. The summed E-state index contributed by atoms with van der Waals surface area (Å²) in [4.78, 5) is 15.6. The highest BCUT2D eigenvalue weighted by Gasteiger charge is 2.49. The lowest BCUT2D eigenvalue weighted by Gasteiger charge is -2.28. The van der Waals surface area contributed by atoms with E-state index in [9.17, 15) is 39.6 Å². The van der Waals surface area contributed by atoms with Crippen molar-refractivity contribution in [2.75, 3.05) is 4.90 Å². The molecular weight excluding hydrogens is 494 g/mol. The van der Waals surface area contributed by atoms with Gasteiger partial charge in [-0.3, -0.25) is 14.0 Å². The molecule has 186 valence electrons. The standard InChI is InChI=1S/C19H18F6N4O4S/c1-10(2)13-7-12(8-14-16(13)28(4)17(30)27(14)3)29(18(20,21)22)11-5-6-15(26-9-11)33-34(31,32)19(23,24)25/h5-10H,1-4H3. The van der Waals surface area contributed by atoms with Crippen LogP contribution in [0, 0.1) is 0 Å². The van der Waals surface area contributed by atoms with Crippen molar-refractivity contribution in [3.8, 4) is 5.88 Å². The molecule has 3 aromatic rings. The second-order valence-electron chi connectivity index (χ2n) is 7.60. The normalized spacial score (nSPS) is 13.0. The lowest BCUT2D eigenvalue weighted by Crippen LogP contribution is -2.34. The average molecular weight is 512 g/mol. The van der Waals surface area contributed by atoms with Gasteiger partial charge in [-0.15, -0.1) is 13.2 Å². The average Bonchev–Trinajstić information content (AvgIpc) is 2.91. The van der Waals surface area contributed by atoms with E-state index in [0.717, 1.165) is 6.07 Å². The molecule has 0 aliphatic carbocycles. The first-order valence-corrected chi connectivity index (χ1v) is 10.9.